The molecule has 2 saturated carbocycles. The number of carbonyl (C=O) groups is 1. The summed E-state index contributed by atoms with van der Waals surface area (Å²) in [7, 11) is 1.99. The number of pyridine rings is 1. The SMILES string of the molecule is CC1CC2CC(C1)CC(Nc1cc3c(C(=O)NCc4cc5ccccc5n4C)c(C#N)oc3cn1)C2. The number of aryl methyl sites for hydroxylation is 1. The summed E-state index contributed by atoms with van der Waals surface area (Å²) in [6.07, 6.45) is 7.92. The molecule has 6 rings (SSSR count). The lowest BCUT2D eigenvalue weighted by Crippen LogP contribution is -2.36. The summed E-state index contributed by atoms with van der Waals surface area (Å²) in [5.74, 6) is 2.81. The number of hydrogen-bond donors (Lipinski definition) is 2. The highest BCUT2D eigenvalue weighted by molar-refractivity contribution is 6.08. The first-order valence-corrected chi connectivity index (χ1v) is 12.9. The van der Waals surface area contributed by atoms with E-state index in [4.69, 9.17) is 4.42 Å². The van der Waals surface area contributed by atoms with Gasteiger partial charge in [-0.1, -0.05) is 25.1 Å². The van der Waals surface area contributed by atoms with E-state index in [1.165, 1.54) is 19.3 Å². The van der Waals surface area contributed by atoms with Gasteiger partial charge < -0.3 is 19.6 Å². The molecule has 2 aliphatic rings. The molecule has 2 N–H and O–H groups in total. The first-order valence-electron chi connectivity index (χ1n) is 12.9. The quantitative estimate of drug-likeness (QED) is 0.378. The van der Waals surface area contributed by atoms with Crippen LogP contribution in [0.25, 0.3) is 21.9 Å². The third kappa shape index (κ3) is 4.11. The van der Waals surface area contributed by atoms with Crippen LogP contribution in [0, 0.1) is 29.1 Å². The number of fused-ring (bicyclic) bond motifs is 4. The van der Waals surface area contributed by atoms with Crippen molar-refractivity contribution in [2.45, 2.75) is 51.6 Å². The molecular weight excluding hydrogens is 450 g/mol. The van der Waals surface area contributed by atoms with Crippen LogP contribution in [-0.2, 0) is 13.6 Å². The first-order chi connectivity index (χ1) is 17.5. The van der Waals surface area contributed by atoms with Crippen molar-refractivity contribution < 1.29 is 9.21 Å². The molecule has 3 heterocycles. The molecule has 7 nitrogen and oxygen atoms in total. The van der Waals surface area contributed by atoms with Crippen LogP contribution in [0.4, 0.5) is 5.82 Å². The topological polar surface area (TPSA) is 95.9 Å². The van der Waals surface area contributed by atoms with Crippen molar-refractivity contribution in [2.75, 3.05) is 5.32 Å². The van der Waals surface area contributed by atoms with Gasteiger partial charge in [-0.25, -0.2) is 4.98 Å². The lowest BCUT2D eigenvalue weighted by molar-refractivity contribution is 0.0950. The zero-order valence-electron chi connectivity index (χ0n) is 20.8. The molecular formula is C29H31N5O2. The van der Waals surface area contributed by atoms with Gasteiger partial charge in [0.15, 0.2) is 5.58 Å². The van der Waals surface area contributed by atoms with Crippen LogP contribution in [-0.4, -0.2) is 21.5 Å². The van der Waals surface area contributed by atoms with Gasteiger partial charge in [-0.3, -0.25) is 4.79 Å². The number of furan rings is 1. The lowest BCUT2D eigenvalue weighted by Gasteiger charge is -2.42. The number of amides is 1. The summed E-state index contributed by atoms with van der Waals surface area (Å²) >= 11 is 0. The first kappa shape index (κ1) is 22.7. The van der Waals surface area contributed by atoms with E-state index in [9.17, 15) is 10.1 Å². The minimum atomic E-state index is -0.325. The van der Waals surface area contributed by atoms with Gasteiger partial charge in [0.05, 0.1) is 12.7 Å². The number of carbonyl (C=O) groups excluding carboxylic acids is 1. The highest BCUT2D eigenvalue weighted by Gasteiger charge is 2.34. The van der Waals surface area contributed by atoms with E-state index in [1.54, 1.807) is 6.20 Å². The van der Waals surface area contributed by atoms with Gasteiger partial charge in [0.2, 0.25) is 5.76 Å². The molecule has 2 atom stereocenters. The zero-order chi connectivity index (χ0) is 24.8. The highest BCUT2D eigenvalue weighted by Crippen LogP contribution is 2.43. The van der Waals surface area contributed by atoms with Gasteiger partial charge >= 0.3 is 0 Å². The number of para-hydroxylation sites is 1. The van der Waals surface area contributed by atoms with Crippen LogP contribution in [0.5, 0.6) is 0 Å². The number of nitriles is 1. The van der Waals surface area contributed by atoms with E-state index in [2.05, 4.69) is 45.3 Å². The maximum Gasteiger partial charge on any atom is 0.256 e. The number of aromatic nitrogens is 2. The number of hydrogen-bond acceptors (Lipinski definition) is 5. The van der Waals surface area contributed by atoms with Crippen molar-refractivity contribution in [3.8, 4) is 6.07 Å². The summed E-state index contributed by atoms with van der Waals surface area (Å²) in [5.41, 5.74) is 2.81. The predicted octanol–water partition coefficient (Wildman–Crippen LogP) is 5.75. The Hall–Kier alpha value is -3.79. The molecule has 184 valence electrons. The number of benzene rings is 1. The van der Waals surface area contributed by atoms with E-state index in [1.807, 2.05) is 31.3 Å². The van der Waals surface area contributed by atoms with Crippen LogP contribution >= 0.6 is 0 Å². The maximum atomic E-state index is 13.3. The Labute approximate surface area is 210 Å². The second-order valence-corrected chi connectivity index (χ2v) is 10.8. The summed E-state index contributed by atoms with van der Waals surface area (Å²) in [6, 6.07) is 14.5. The van der Waals surface area contributed by atoms with Gasteiger partial charge in [0.1, 0.15) is 17.5 Å². The normalized spacial score (nSPS) is 23.5. The van der Waals surface area contributed by atoms with Crippen molar-refractivity contribution in [3.63, 3.8) is 0 Å². The van der Waals surface area contributed by atoms with Crippen LogP contribution in [0.2, 0.25) is 0 Å². The van der Waals surface area contributed by atoms with Crippen LogP contribution in [0.1, 0.15) is 60.8 Å². The Bertz CT molecular complexity index is 1470. The Kier molecular flexibility index (Phi) is 5.67. The fourth-order valence-electron chi connectivity index (χ4n) is 6.67. The lowest BCUT2D eigenvalue weighted by atomic mass is 9.67. The monoisotopic (exact) mass is 481 g/mol. The third-order valence-corrected chi connectivity index (χ3v) is 8.11. The molecule has 7 heteroatoms. The number of anilines is 1. The van der Waals surface area contributed by atoms with E-state index in [0.717, 1.165) is 53.0 Å². The molecule has 2 aliphatic carbocycles. The van der Waals surface area contributed by atoms with Gasteiger partial charge in [0.25, 0.3) is 5.91 Å². The van der Waals surface area contributed by atoms with Crippen LogP contribution in [0.3, 0.4) is 0 Å². The van der Waals surface area contributed by atoms with Crippen molar-refractivity contribution in [1.82, 2.24) is 14.9 Å². The van der Waals surface area contributed by atoms with Crippen molar-refractivity contribution in [3.05, 3.63) is 59.6 Å². The fraction of sp³-hybridized carbons (Fsp3) is 0.414. The molecule has 0 spiro atoms. The molecule has 0 aliphatic heterocycles. The van der Waals surface area contributed by atoms with Crippen molar-refractivity contribution in [1.29, 1.82) is 5.26 Å². The molecule has 1 aromatic carbocycles. The summed E-state index contributed by atoms with van der Waals surface area (Å²) < 4.78 is 7.76. The third-order valence-electron chi connectivity index (χ3n) is 8.11. The average molecular weight is 482 g/mol. The van der Waals surface area contributed by atoms with E-state index in [-0.39, 0.29) is 17.2 Å². The van der Waals surface area contributed by atoms with Crippen LogP contribution < -0.4 is 10.6 Å². The van der Waals surface area contributed by atoms with Crippen molar-refractivity contribution in [2.24, 2.45) is 24.8 Å². The van der Waals surface area contributed by atoms with E-state index < -0.39 is 0 Å². The second-order valence-electron chi connectivity index (χ2n) is 10.8. The molecule has 2 unspecified atom stereocenters. The number of rotatable bonds is 5. The standard InChI is InChI=1S/C29H31N5O2/c1-17-7-18-9-19(8-17)11-21(10-18)33-27-13-23-26(16-31-27)36-25(14-30)28(23)29(35)32-15-22-12-20-5-3-4-6-24(20)34(22)2/h3-6,12-13,16-19,21H,7-11,15H2,1-2H3,(H,31,33)(H,32,35). The van der Waals surface area contributed by atoms with E-state index >= 15 is 0 Å². The second kappa shape index (κ2) is 9.02. The minimum Gasteiger partial charge on any atom is -0.443 e. The summed E-state index contributed by atoms with van der Waals surface area (Å²) in [6.45, 7) is 2.72. The van der Waals surface area contributed by atoms with Crippen molar-refractivity contribution >= 4 is 33.6 Å². The predicted molar refractivity (Wildman–Crippen MR) is 139 cm³/mol. The Balaban J connectivity index is 1.23. The van der Waals surface area contributed by atoms with E-state index in [0.29, 0.717) is 23.6 Å². The molecule has 0 saturated heterocycles. The molecule has 2 fully saturated rings. The Morgan fingerprint density at radius 3 is 2.69 bits per heavy atom. The molecule has 1 amide bonds. The summed E-state index contributed by atoms with van der Waals surface area (Å²) in [4.78, 5) is 17.8. The Morgan fingerprint density at radius 1 is 1.17 bits per heavy atom. The van der Waals surface area contributed by atoms with Gasteiger partial charge in [-0.05, 0) is 73.4 Å². The molecule has 4 aromatic rings. The largest absolute Gasteiger partial charge is 0.443 e. The van der Waals surface area contributed by atoms with Gasteiger partial charge in [-0.15, -0.1) is 0 Å². The molecule has 36 heavy (non-hydrogen) atoms. The molecule has 2 bridgehead atoms. The molecule has 0 radical (unpaired) electrons. The maximum absolute atomic E-state index is 13.3. The van der Waals surface area contributed by atoms with Gasteiger partial charge in [0, 0.05) is 29.7 Å². The minimum absolute atomic E-state index is 0.0136. The number of nitrogens with zero attached hydrogens (tertiary/aromatic N) is 3. The molecule has 3 aromatic heterocycles. The zero-order valence-corrected chi connectivity index (χ0v) is 20.8. The summed E-state index contributed by atoms with van der Waals surface area (Å²) in [5, 5.41) is 18.0. The van der Waals surface area contributed by atoms with Crippen LogP contribution in [0.15, 0.2) is 47.0 Å². The average Bonchev–Trinajstić information content (AvgIpc) is 3.39. The Morgan fingerprint density at radius 2 is 1.94 bits per heavy atom. The van der Waals surface area contributed by atoms with Gasteiger partial charge in [-0.2, -0.15) is 5.26 Å². The highest BCUT2D eigenvalue weighted by atomic mass is 16.3. The fourth-order valence-corrected chi connectivity index (χ4v) is 6.67. The number of nitrogens with one attached hydrogen (secondary N) is 2. The smallest absolute Gasteiger partial charge is 0.256 e.